The Morgan fingerprint density at radius 2 is 2.05 bits per heavy atom. The molecule has 0 saturated heterocycles. The second-order valence-corrected chi connectivity index (χ2v) is 4.76. The van der Waals surface area contributed by atoms with E-state index in [-0.39, 0.29) is 5.91 Å². The van der Waals surface area contributed by atoms with Crippen molar-refractivity contribution in [2.45, 2.75) is 33.2 Å². The fourth-order valence-corrected chi connectivity index (χ4v) is 1.92. The molecule has 0 aliphatic heterocycles. The Morgan fingerprint density at radius 3 is 2.75 bits per heavy atom. The van der Waals surface area contributed by atoms with Crippen LogP contribution in [0.1, 0.15) is 31.1 Å². The van der Waals surface area contributed by atoms with Gasteiger partial charge in [0.15, 0.2) is 0 Å². The lowest BCUT2D eigenvalue weighted by Gasteiger charge is -2.09. The molecule has 0 bridgehead atoms. The molecule has 0 saturated carbocycles. The van der Waals surface area contributed by atoms with Gasteiger partial charge in [-0.3, -0.25) is 4.79 Å². The Kier molecular flexibility index (Phi) is 4.82. The van der Waals surface area contributed by atoms with Crippen LogP contribution in [-0.2, 0) is 11.3 Å². The number of benzene rings is 1. The van der Waals surface area contributed by atoms with Gasteiger partial charge in [-0.2, -0.15) is 0 Å². The largest absolute Gasteiger partial charge is 0.467 e. The standard InChI is InChI=1S/C16H20N2O2/c1-3-5-16(19)18-14-7-4-6-13(10-14)17-11-15-12(2)8-9-20-15/h4,6-10,17H,3,5,11H2,1-2H3,(H,18,19). The van der Waals surface area contributed by atoms with E-state index in [9.17, 15) is 4.79 Å². The van der Waals surface area contributed by atoms with Gasteiger partial charge in [-0.15, -0.1) is 0 Å². The highest BCUT2D eigenvalue weighted by molar-refractivity contribution is 5.91. The zero-order chi connectivity index (χ0) is 14.4. The molecule has 1 amide bonds. The molecule has 1 heterocycles. The summed E-state index contributed by atoms with van der Waals surface area (Å²) in [5, 5.41) is 6.17. The van der Waals surface area contributed by atoms with Crippen LogP contribution in [0.3, 0.4) is 0 Å². The molecule has 0 fully saturated rings. The molecule has 1 aromatic carbocycles. The summed E-state index contributed by atoms with van der Waals surface area (Å²) >= 11 is 0. The van der Waals surface area contributed by atoms with E-state index in [1.165, 1.54) is 0 Å². The first-order chi connectivity index (χ1) is 9.69. The Labute approximate surface area is 119 Å². The minimum absolute atomic E-state index is 0.0477. The summed E-state index contributed by atoms with van der Waals surface area (Å²) in [6, 6.07) is 9.63. The normalized spacial score (nSPS) is 10.3. The maximum absolute atomic E-state index is 11.6. The fourth-order valence-electron chi connectivity index (χ4n) is 1.92. The highest BCUT2D eigenvalue weighted by Crippen LogP contribution is 2.17. The van der Waals surface area contributed by atoms with Crippen molar-refractivity contribution in [3.05, 3.63) is 47.9 Å². The van der Waals surface area contributed by atoms with Gasteiger partial charge in [-0.1, -0.05) is 13.0 Å². The first-order valence-corrected chi connectivity index (χ1v) is 6.86. The molecule has 0 aliphatic rings. The van der Waals surface area contributed by atoms with Crippen molar-refractivity contribution in [3.63, 3.8) is 0 Å². The lowest BCUT2D eigenvalue weighted by atomic mass is 10.2. The van der Waals surface area contributed by atoms with Crippen molar-refractivity contribution in [1.29, 1.82) is 0 Å². The number of carbonyl (C=O) groups excluding carboxylic acids is 1. The van der Waals surface area contributed by atoms with Crippen LogP contribution >= 0.6 is 0 Å². The monoisotopic (exact) mass is 272 g/mol. The molecule has 0 aliphatic carbocycles. The van der Waals surface area contributed by atoms with Gasteiger partial charge < -0.3 is 15.1 Å². The molecule has 106 valence electrons. The molecule has 20 heavy (non-hydrogen) atoms. The van der Waals surface area contributed by atoms with Crippen LogP contribution in [-0.4, -0.2) is 5.91 Å². The van der Waals surface area contributed by atoms with Gasteiger partial charge >= 0.3 is 0 Å². The molecule has 0 unspecified atom stereocenters. The second kappa shape index (κ2) is 6.80. The number of nitrogens with one attached hydrogen (secondary N) is 2. The average Bonchev–Trinajstić information content (AvgIpc) is 2.82. The minimum Gasteiger partial charge on any atom is -0.467 e. The predicted octanol–water partition coefficient (Wildman–Crippen LogP) is 3.94. The van der Waals surface area contributed by atoms with E-state index in [1.54, 1.807) is 6.26 Å². The number of carbonyl (C=O) groups is 1. The van der Waals surface area contributed by atoms with Crippen LogP contribution in [0.15, 0.2) is 41.0 Å². The maximum Gasteiger partial charge on any atom is 0.224 e. The third kappa shape index (κ3) is 3.88. The predicted molar refractivity (Wildman–Crippen MR) is 80.8 cm³/mol. The molecule has 1 aromatic heterocycles. The van der Waals surface area contributed by atoms with E-state index >= 15 is 0 Å². The highest BCUT2D eigenvalue weighted by atomic mass is 16.3. The third-order valence-electron chi connectivity index (χ3n) is 3.04. The average molecular weight is 272 g/mol. The molecule has 4 heteroatoms. The van der Waals surface area contributed by atoms with Gasteiger partial charge in [0.05, 0.1) is 12.8 Å². The molecular formula is C16H20N2O2. The van der Waals surface area contributed by atoms with Gasteiger partial charge in [0.2, 0.25) is 5.91 Å². The van der Waals surface area contributed by atoms with E-state index in [0.29, 0.717) is 13.0 Å². The summed E-state index contributed by atoms with van der Waals surface area (Å²) < 4.78 is 5.38. The van der Waals surface area contributed by atoms with Gasteiger partial charge in [-0.05, 0) is 43.2 Å². The summed E-state index contributed by atoms with van der Waals surface area (Å²) in [4.78, 5) is 11.6. The molecule has 2 N–H and O–H groups in total. The zero-order valence-electron chi connectivity index (χ0n) is 11.9. The van der Waals surface area contributed by atoms with Crippen LogP contribution in [0.25, 0.3) is 0 Å². The number of aryl methyl sites for hydroxylation is 1. The van der Waals surface area contributed by atoms with E-state index in [2.05, 4.69) is 10.6 Å². The summed E-state index contributed by atoms with van der Waals surface area (Å²) in [6.45, 7) is 4.64. The van der Waals surface area contributed by atoms with Gasteiger partial charge in [0, 0.05) is 17.8 Å². The van der Waals surface area contributed by atoms with E-state index < -0.39 is 0 Å². The third-order valence-corrected chi connectivity index (χ3v) is 3.04. The van der Waals surface area contributed by atoms with Crippen molar-refractivity contribution >= 4 is 17.3 Å². The van der Waals surface area contributed by atoms with Crippen LogP contribution in [0.4, 0.5) is 11.4 Å². The lowest BCUT2D eigenvalue weighted by Crippen LogP contribution is -2.10. The summed E-state index contributed by atoms with van der Waals surface area (Å²) in [6.07, 6.45) is 3.08. The quantitative estimate of drug-likeness (QED) is 0.837. The van der Waals surface area contributed by atoms with Gasteiger partial charge in [-0.25, -0.2) is 0 Å². The Balaban J connectivity index is 1.95. The molecule has 0 spiro atoms. The number of furan rings is 1. The molecular weight excluding hydrogens is 252 g/mol. The van der Waals surface area contributed by atoms with E-state index in [0.717, 1.165) is 29.1 Å². The molecule has 2 aromatic rings. The highest BCUT2D eigenvalue weighted by Gasteiger charge is 2.03. The van der Waals surface area contributed by atoms with Crippen LogP contribution in [0, 0.1) is 6.92 Å². The van der Waals surface area contributed by atoms with Crippen LogP contribution in [0.2, 0.25) is 0 Å². The van der Waals surface area contributed by atoms with E-state index in [1.807, 2.05) is 44.2 Å². The van der Waals surface area contributed by atoms with Crippen LogP contribution in [0.5, 0.6) is 0 Å². The Hall–Kier alpha value is -2.23. The molecule has 0 atom stereocenters. The first kappa shape index (κ1) is 14.2. The summed E-state index contributed by atoms with van der Waals surface area (Å²) in [5.74, 6) is 0.969. The Morgan fingerprint density at radius 1 is 1.25 bits per heavy atom. The second-order valence-electron chi connectivity index (χ2n) is 4.76. The maximum atomic E-state index is 11.6. The summed E-state index contributed by atoms with van der Waals surface area (Å²) in [7, 11) is 0. The Bertz CT molecular complexity index is 575. The van der Waals surface area contributed by atoms with Crippen molar-refractivity contribution in [3.8, 4) is 0 Å². The topological polar surface area (TPSA) is 54.3 Å². The summed E-state index contributed by atoms with van der Waals surface area (Å²) in [5.41, 5.74) is 2.89. The molecule has 4 nitrogen and oxygen atoms in total. The van der Waals surface area contributed by atoms with Crippen LogP contribution < -0.4 is 10.6 Å². The SMILES string of the molecule is CCCC(=O)Nc1cccc(NCc2occc2C)c1. The zero-order valence-corrected chi connectivity index (χ0v) is 11.9. The van der Waals surface area contributed by atoms with E-state index in [4.69, 9.17) is 4.42 Å². The number of hydrogen-bond donors (Lipinski definition) is 2. The first-order valence-electron chi connectivity index (χ1n) is 6.86. The fraction of sp³-hybridized carbons (Fsp3) is 0.312. The van der Waals surface area contributed by atoms with Crippen molar-refractivity contribution in [2.75, 3.05) is 10.6 Å². The number of rotatable bonds is 6. The number of hydrogen-bond acceptors (Lipinski definition) is 3. The minimum atomic E-state index is 0.0477. The van der Waals surface area contributed by atoms with Crippen molar-refractivity contribution < 1.29 is 9.21 Å². The van der Waals surface area contributed by atoms with Gasteiger partial charge in [0.1, 0.15) is 5.76 Å². The lowest BCUT2D eigenvalue weighted by molar-refractivity contribution is -0.116. The number of amides is 1. The van der Waals surface area contributed by atoms with Gasteiger partial charge in [0.25, 0.3) is 0 Å². The van der Waals surface area contributed by atoms with Crippen molar-refractivity contribution in [2.24, 2.45) is 0 Å². The number of anilines is 2. The molecule has 2 rings (SSSR count). The smallest absolute Gasteiger partial charge is 0.224 e. The molecule has 0 radical (unpaired) electrons. The van der Waals surface area contributed by atoms with Crippen molar-refractivity contribution in [1.82, 2.24) is 0 Å².